The Bertz CT molecular complexity index is 958. The van der Waals surface area contributed by atoms with Crippen molar-refractivity contribution in [2.75, 3.05) is 0 Å². The quantitative estimate of drug-likeness (QED) is 0.184. The summed E-state index contributed by atoms with van der Waals surface area (Å²) in [5.41, 5.74) is 1.48. The third kappa shape index (κ3) is 4.58. The second-order valence-electron chi connectivity index (χ2n) is 6.51. The number of amidine groups is 1. The second kappa shape index (κ2) is 8.82. The second-order valence-corrected chi connectivity index (χ2v) is 7.33. The van der Waals surface area contributed by atoms with Crippen molar-refractivity contribution >= 4 is 34.7 Å². The average Bonchev–Trinajstić information content (AvgIpc) is 2.65. The zero-order chi connectivity index (χ0) is 20.3. The Labute approximate surface area is 171 Å². The number of nitriles is 1. The van der Waals surface area contributed by atoms with E-state index in [2.05, 4.69) is 20.6 Å². The molecule has 0 saturated carbocycles. The number of aromatic nitrogens is 1. The maximum Gasteiger partial charge on any atom is 0.216 e. The number of aliphatic imine (C=N–C) groups is 1. The summed E-state index contributed by atoms with van der Waals surface area (Å²) in [7, 11) is 0. The molecule has 2 heterocycles. The molecule has 0 spiro atoms. The van der Waals surface area contributed by atoms with E-state index in [0.29, 0.717) is 24.8 Å². The molecule has 1 aliphatic rings. The highest BCUT2D eigenvalue weighted by molar-refractivity contribution is 6.42. The lowest BCUT2D eigenvalue weighted by molar-refractivity contribution is 0.391. The summed E-state index contributed by atoms with van der Waals surface area (Å²) >= 11 is 11.7. The molecule has 5 nitrogen and oxygen atoms in total. The SMILES string of the molecule is C[C@H]1NC(CCC(=Nc2cc(Cl)c(Cl)cc2F)NC#N)Cc2c1ccnc2F. The fourth-order valence-corrected chi connectivity index (χ4v) is 3.60. The van der Waals surface area contributed by atoms with Crippen molar-refractivity contribution in [2.24, 2.45) is 4.99 Å². The molecule has 1 unspecified atom stereocenters. The van der Waals surface area contributed by atoms with Gasteiger partial charge in [0.15, 0.2) is 6.19 Å². The van der Waals surface area contributed by atoms with Crippen LogP contribution in [0.2, 0.25) is 10.0 Å². The predicted molar refractivity (Wildman–Crippen MR) is 105 cm³/mol. The molecule has 0 saturated heterocycles. The molecule has 0 bridgehead atoms. The van der Waals surface area contributed by atoms with Gasteiger partial charge in [-0.3, -0.25) is 5.32 Å². The van der Waals surface area contributed by atoms with Gasteiger partial charge >= 0.3 is 0 Å². The van der Waals surface area contributed by atoms with Crippen LogP contribution >= 0.6 is 23.2 Å². The molecule has 2 N–H and O–H groups in total. The van der Waals surface area contributed by atoms with Crippen molar-refractivity contribution in [2.45, 2.75) is 38.3 Å². The number of pyridine rings is 1. The molecule has 0 radical (unpaired) electrons. The monoisotopic (exact) mass is 423 g/mol. The Balaban J connectivity index is 1.75. The van der Waals surface area contributed by atoms with E-state index in [0.717, 1.165) is 11.6 Å². The molecule has 2 aromatic rings. The van der Waals surface area contributed by atoms with Gasteiger partial charge in [0.2, 0.25) is 5.95 Å². The number of fused-ring (bicyclic) bond motifs is 1. The Morgan fingerprint density at radius 3 is 2.89 bits per heavy atom. The zero-order valence-electron chi connectivity index (χ0n) is 14.9. The first-order chi connectivity index (χ1) is 13.4. The summed E-state index contributed by atoms with van der Waals surface area (Å²) in [4.78, 5) is 7.89. The van der Waals surface area contributed by atoms with Crippen molar-refractivity contribution in [1.29, 1.82) is 5.26 Å². The first-order valence-corrected chi connectivity index (χ1v) is 9.41. The van der Waals surface area contributed by atoms with Gasteiger partial charge in [-0.1, -0.05) is 23.2 Å². The summed E-state index contributed by atoms with van der Waals surface area (Å²) in [5, 5.41) is 15.1. The van der Waals surface area contributed by atoms with Gasteiger partial charge in [0.1, 0.15) is 17.3 Å². The van der Waals surface area contributed by atoms with E-state index >= 15 is 0 Å². The molecule has 146 valence electrons. The number of nitrogens with zero attached hydrogens (tertiary/aromatic N) is 3. The lowest BCUT2D eigenvalue weighted by atomic mass is 9.90. The maximum atomic E-state index is 14.1. The number of hydrogen-bond acceptors (Lipinski definition) is 4. The van der Waals surface area contributed by atoms with Crippen LogP contribution in [0.1, 0.15) is 36.9 Å². The van der Waals surface area contributed by atoms with E-state index in [9.17, 15) is 8.78 Å². The molecule has 1 aromatic carbocycles. The van der Waals surface area contributed by atoms with Crippen LogP contribution in [0.3, 0.4) is 0 Å². The van der Waals surface area contributed by atoms with Gasteiger partial charge < -0.3 is 5.32 Å². The normalized spacial score (nSPS) is 19.1. The highest BCUT2D eigenvalue weighted by Crippen LogP contribution is 2.30. The number of hydrogen-bond donors (Lipinski definition) is 2. The van der Waals surface area contributed by atoms with Crippen LogP contribution in [0.15, 0.2) is 29.4 Å². The van der Waals surface area contributed by atoms with E-state index in [-0.39, 0.29) is 33.7 Å². The van der Waals surface area contributed by atoms with Crippen molar-refractivity contribution in [3.63, 3.8) is 0 Å². The van der Waals surface area contributed by atoms with Crippen LogP contribution in [0.4, 0.5) is 14.5 Å². The van der Waals surface area contributed by atoms with E-state index in [1.54, 1.807) is 6.19 Å². The van der Waals surface area contributed by atoms with Crippen LogP contribution < -0.4 is 10.6 Å². The molecule has 2 atom stereocenters. The Morgan fingerprint density at radius 1 is 1.39 bits per heavy atom. The predicted octanol–water partition coefficient (Wildman–Crippen LogP) is 4.82. The fourth-order valence-electron chi connectivity index (χ4n) is 3.29. The molecular weight excluding hydrogens is 407 g/mol. The summed E-state index contributed by atoms with van der Waals surface area (Å²) in [5.74, 6) is -0.817. The minimum atomic E-state index is -0.641. The van der Waals surface area contributed by atoms with Crippen LogP contribution in [-0.2, 0) is 6.42 Å². The third-order valence-electron chi connectivity index (χ3n) is 4.62. The van der Waals surface area contributed by atoms with Gasteiger partial charge in [-0.25, -0.2) is 14.4 Å². The molecule has 9 heteroatoms. The minimum absolute atomic E-state index is 0.0160. The number of nitrogens with one attached hydrogen (secondary N) is 2. The molecule has 0 aliphatic carbocycles. The van der Waals surface area contributed by atoms with E-state index in [1.165, 1.54) is 12.3 Å². The van der Waals surface area contributed by atoms with Gasteiger partial charge in [0, 0.05) is 30.3 Å². The van der Waals surface area contributed by atoms with Crippen molar-refractivity contribution < 1.29 is 8.78 Å². The van der Waals surface area contributed by atoms with Crippen LogP contribution in [0.25, 0.3) is 0 Å². The Hall–Kier alpha value is -2.27. The molecule has 1 aliphatic heterocycles. The Kier molecular flexibility index (Phi) is 6.45. The molecule has 0 amide bonds. The summed E-state index contributed by atoms with van der Waals surface area (Å²) < 4.78 is 28.1. The fraction of sp³-hybridized carbons (Fsp3) is 0.316. The number of rotatable bonds is 4. The van der Waals surface area contributed by atoms with E-state index in [1.807, 2.05) is 13.0 Å². The molecular formula is C19H17Cl2F2N5. The van der Waals surface area contributed by atoms with Gasteiger partial charge in [0.05, 0.1) is 10.0 Å². The summed E-state index contributed by atoms with van der Waals surface area (Å²) in [6.07, 6.45) is 4.65. The van der Waals surface area contributed by atoms with Crippen LogP contribution in [0, 0.1) is 23.2 Å². The van der Waals surface area contributed by atoms with Crippen LogP contribution in [0.5, 0.6) is 0 Å². The number of benzene rings is 1. The standard InChI is InChI=1S/C19H17Cl2F2N5/c1-10-12-4-5-25-19(23)13(12)6-11(27-10)2-3-18(26-9-24)28-17-8-15(21)14(20)7-16(17)22/h4-5,7-8,10-11,27H,2-3,6H2,1H3,(H,26,28)/t10-,11?/m1/s1. The van der Waals surface area contributed by atoms with E-state index in [4.69, 9.17) is 28.5 Å². The molecule has 0 fully saturated rings. The smallest absolute Gasteiger partial charge is 0.216 e. The van der Waals surface area contributed by atoms with Gasteiger partial charge in [-0.2, -0.15) is 9.65 Å². The highest BCUT2D eigenvalue weighted by Gasteiger charge is 2.26. The molecule has 1 aromatic heterocycles. The first kappa shape index (κ1) is 20.5. The van der Waals surface area contributed by atoms with Gasteiger partial charge in [0.25, 0.3) is 0 Å². The van der Waals surface area contributed by atoms with E-state index < -0.39 is 11.8 Å². The van der Waals surface area contributed by atoms with Gasteiger partial charge in [-0.15, -0.1) is 0 Å². The first-order valence-electron chi connectivity index (χ1n) is 8.65. The lowest BCUT2D eigenvalue weighted by Crippen LogP contribution is -2.39. The maximum absolute atomic E-state index is 14.1. The largest absolute Gasteiger partial charge is 0.307 e. The van der Waals surface area contributed by atoms with Crippen molar-refractivity contribution in [1.82, 2.24) is 15.6 Å². The Morgan fingerprint density at radius 2 is 2.14 bits per heavy atom. The molecule has 28 heavy (non-hydrogen) atoms. The lowest BCUT2D eigenvalue weighted by Gasteiger charge is -2.31. The number of halogens is 4. The highest BCUT2D eigenvalue weighted by atomic mass is 35.5. The van der Waals surface area contributed by atoms with Crippen molar-refractivity contribution in [3.8, 4) is 6.19 Å². The van der Waals surface area contributed by atoms with Crippen LogP contribution in [-0.4, -0.2) is 16.9 Å². The van der Waals surface area contributed by atoms with Crippen molar-refractivity contribution in [3.05, 3.63) is 57.3 Å². The molecule has 3 rings (SSSR count). The van der Waals surface area contributed by atoms with Gasteiger partial charge in [-0.05, 0) is 43.5 Å². The summed E-state index contributed by atoms with van der Waals surface area (Å²) in [6.45, 7) is 1.96. The topological polar surface area (TPSA) is 73.1 Å². The minimum Gasteiger partial charge on any atom is -0.307 e. The average molecular weight is 424 g/mol. The third-order valence-corrected chi connectivity index (χ3v) is 5.34. The zero-order valence-corrected chi connectivity index (χ0v) is 16.5. The summed E-state index contributed by atoms with van der Waals surface area (Å²) in [6, 6.07) is 4.12.